The molecule has 7 nitrogen and oxygen atoms in total. The van der Waals surface area contributed by atoms with Crippen molar-refractivity contribution in [3.8, 4) is 22.9 Å². The number of ether oxygens (including phenoxy) is 1. The molecule has 0 aliphatic heterocycles. The lowest BCUT2D eigenvalue weighted by Crippen LogP contribution is -2.07. The van der Waals surface area contributed by atoms with Gasteiger partial charge >= 0.3 is 0 Å². The summed E-state index contributed by atoms with van der Waals surface area (Å²) in [6.07, 6.45) is 1.59. The highest BCUT2D eigenvalue weighted by atomic mass is 19.1. The Bertz CT molecular complexity index is 1150. The van der Waals surface area contributed by atoms with Crippen molar-refractivity contribution >= 4 is 17.1 Å². The number of rotatable bonds is 6. The van der Waals surface area contributed by atoms with Crippen LogP contribution in [0.3, 0.4) is 0 Å². The molecule has 0 fully saturated rings. The molecule has 0 radical (unpaired) electrons. The summed E-state index contributed by atoms with van der Waals surface area (Å²) in [5.74, 6) is 0.511. The number of nitrogens with zero attached hydrogens (tertiary/aromatic N) is 4. The first-order valence-corrected chi connectivity index (χ1v) is 9.07. The van der Waals surface area contributed by atoms with E-state index >= 15 is 0 Å². The lowest BCUT2D eigenvalue weighted by Gasteiger charge is -2.10. The predicted octanol–water partition coefficient (Wildman–Crippen LogP) is 3.94. The number of phenolic OH excluding ortho intramolecular Hbond substituents is 1. The summed E-state index contributed by atoms with van der Waals surface area (Å²) >= 11 is 0. The van der Waals surface area contributed by atoms with E-state index in [0.29, 0.717) is 41.8 Å². The van der Waals surface area contributed by atoms with Gasteiger partial charge in [0.2, 0.25) is 11.8 Å². The zero-order valence-corrected chi connectivity index (χ0v) is 15.6. The molecule has 0 spiro atoms. The van der Waals surface area contributed by atoms with E-state index in [4.69, 9.17) is 4.74 Å². The van der Waals surface area contributed by atoms with Crippen molar-refractivity contribution < 1.29 is 14.2 Å². The largest absolute Gasteiger partial charge is 0.508 e. The van der Waals surface area contributed by atoms with Gasteiger partial charge in [0.05, 0.1) is 18.5 Å². The van der Waals surface area contributed by atoms with E-state index < -0.39 is 0 Å². The van der Waals surface area contributed by atoms with E-state index in [1.54, 1.807) is 36.5 Å². The number of fused-ring (bicyclic) bond motifs is 1. The molecule has 0 saturated heterocycles. The number of anilines is 1. The van der Waals surface area contributed by atoms with E-state index in [1.165, 1.54) is 12.1 Å². The summed E-state index contributed by atoms with van der Waals surface area (Å²) in [4.78, 5) is 17.8. The van der Waals surface area contributed by atoms with Gasteiger partial charge in [0, 0.05) is 12.1 Å². The van der Waals surface area contributed by atoms with Crippen LogP contribution in [-0.2, 0) is 6.54 Å². The third-order valence-electron chi connectivity index (χ3n) is 4.16. The van der Waals surface area contributed by atoms with Crippen molar-refractivity contribution in [1.82, 2.24) is 19.9 Å². The molecular weight excluding hydrogens is 373 g/mol. The lowest BCUT2D eigenvalue weighted by atomic mass is 10.1. The second-order valence-electron chi connectivity index (χ2n) is 6.24. The smallest absolute Gasteiger partial charge is 0.247 e. The molecule has 146 valence electrons. The van der Waals surface area contributed by atoms with Crippen LogP contribution >= 0.6 is 0 Å². The molecule has 29 heavy (non-hydrogen) atoms. The van der Waals surface area contributed by atoms with Crippen molar-refractivity contribution in [3.05, 3.63) is 66.1 Å². The average Bonchev–Trinajstić information content (AvgIpc) is 2.73. The molecule has 0 unspecified atom stereocenters. The predicted molar refractivity (Wildman–Crippen MR) is 107 cm³/mol. The highest BCUT2D eigenvalue weighted by Gasteiger charge is 2.13. The molecule has 0 aliphatic rings. The molecule has 2 N–H and O–H groups in total. The number of hydrogen-bond donors (Lipinski definition) is 2. The zero-order chi connectivity index (χ0) is 20.2. The first-order chi connectivity index (χ1) is 14.1. The standard InChI is InChI=1S/C21H18FN5O2/c1-2-29-20-18-19(23-12-17(25-18)14-4-3-5-16(28)10-14)26-21(27-20)24-11-13-6-8-15(22)9-7-13/h3-10,12,28H,2,11H2,1H3,(H,23,24,26,27). The summed E-state index contributed by atoms with van der Waals surface area (Å²) < 4.78 is 18.7. The molecule has 2 aromatic heterocycles. The van der Waals surface area contributed by atoms with Gasteiger partial charge in [-0.1, -0.05) is 24.3 Å². The van der Waals surface area contributed by atoms with E-state index in [-0.39, 0.29) is 11.6 Å². The van der Waals surface area contributed by atoms with Crippen molar-refractivity contribution in [2.45, 2.75) is 13.5 Å². The molecule has 0 bridgehead atoms. The topological polar surface area (TPSA) is 93.0 Å². The molecule has 4 rings (SSSR count). The molecule has 0 amide bonds. The molecule has 2 heterocycles. The Morgan fingerprint density at radius 2 is 1.90 bits per heavy atom. The van der Waals surface area contributed by atoms with E-state index in [0.717, 1.165) is 11.1 Å². The van der Waals surface area contributed by atoms with Crippen molar-refractivity contribution in [3.63, 3.8) is 0 Å². The van der Waals surface area contributed by atoms with Gasteiger partial charge < -0.3 is 15.2 Å². The quantitative estimate of drug-likeness (QED) is 0.514. The second kappa shape index (κ2) is 8.05. The van der Waals surface area contributed by atoms with Crippen LogP contribution in [0.25, 0.3) is 22.4 Å². The summed E-state index contributed by atoms with van der Waals surface area (Å²) in [7, 11) is 0. The molecule has 8 heteroatoms. The summed E-state index contributed by atoms with van der Waals surface area (Å²) in [6, 6.07) is 12.9. The highest BCUT2D eigenvalue weighted by molar-refractivity contribution is 5.79. The minimum absolute atomic E-state index is 0.144. The fourth-order valence-corrected chi connectivity index (χ4v) is 2.79. The number of aromatic hydroxyl groups is 1. The van der Waals surface area contributed by atoms with Gasteiger partial charge in [-0.15, -0.1) is 0 Å². The summed E-state index contributed by atoms with van der Waals surface area (Å²) in [6.45, 7) is 2.68. The van der Waals surface area contributed by atoms with Gasteiger partial charge in [-0.05, 0) is 36.8 Å². The Hall–Kier alpha value is -3.81. The van der Waals surface area contributed by atoms with Gasteiger partial charge in [-0.3, -0.25) is 0 Å². The monoisotopic (exact) mass is 391 g/mol. The van der Waals surface area contributed by atoms with Crippen LogP contribution in [0.15, 0.2) is 54.7 Å². The van der Waals surface area contributed by atoms with Gasteiger partial charge in [-0.2, -0.15) is 9.97 Å². The van der Waals surface area contributed by atoms with E-state index in [1.807, 2.05) is 13.0 Å². The number of hydrogen-bond acceptors (Lipinski definition) is 7. The Kier molecular flexibility index (Phi) is 5.15. The normalized spacial score (nSPS) is 10.8. The maximum absolute atomic E-state index is 13.0. The number of nitrogens with one attached hydrogen (secondary N) is 1. The maximum Gasteiger partial charge on any atom is 0.247 e. The van der Waals surface area contributed by atoms with Crippen LogP contribution < -0.4 is 10.1 Å². The summed E-state index contributed by atoms with van der Waals surface area (Å²) in [5.41, 5.74) is 3.00. The molecule has 0 saturated carbocycles. The van der Waals surface area contributed by atoms with Gasteiger partial charge in [-0.25, -0.2) is 14.4 Å². The van der Waals surface area contributed by atoms with Gasteiger partial charge in [0.15, 0.2) is 11.2 Å². The number of halogens is 1. The first kappa shape index (κ1) is 18.5. The molecular formula is C21H18FN5O2. The highest BCUT2D eigenvalue weighted by Crippen LogP contribution is 2.26. The van der Waals surface area contributed by atoms with Gasteiger partial charge in [0.25, 0.3) is 0 Å². The Morgan fingerprint density at radius 3 is 2.66 bits per heavy atom. The molecule has 4 aromatic rings. The summed E-state index contributed by atoms with van der Waals surface area (Å²) in [5, 5.41) is 12.8. The van der Waals surface area contributed by atoms with Crippen molar-refractivity contribution in [2.24, 2.45) is 0 Å². The second-order valence-corrected chi connectivity index (χ2v) is 6.24. The third-order valence-corrected chi connectivity index (χ3v) is 4.16. The van der Waals surface area contributed by atoms with E-state index in [9.17, 15) is 9.50 Å². The first-order valence-electron chi connectivity index (χ1n) is 9.07. The third kappa shape index (κ3) is 4.21. The van der Waals surface area contributed by atoms with Gasteiger partial charge in [0.1, 0.15) is 11.6 Å². The van der Waals surface area contributed by atoms with Crippen LogP contribution in [0.4, 0.5) is 10.3 Å². The van der Waals surface area contributed by atoms with Crippen LogP contribution in [0.2, 0.25) is 0 Å². The van der Waals surface area contributed by atoms with E-state index in [2.05, 4.69) is 25.3 Å². The minimum Gasteiger partial charge on any atom is -0.508 e. The number of aromatic nitrogens is 4. The van der Waals surface area contributed by atoms with Crippen LogP contribution in [0.5, 0.6) is 11.6 Å². The maximum atomic E-state index is 13.0. The Labute approximate surface area is 166 Å². The Balaban J connectivity index is 1.67. The fraction of sp³-hybridized carbons (Fsp3) is 0.143. The fourth-order valence-electron chi connectivity index (χ4n) is 2.79. The van der Waals surface area contributed by atoms with Crippen molar-refractivity contribution in [2.75, 3.05) is 11.9 Å². The average molecular weight is 391 g/mol. The van der Waals surface area contributed by atoms with Crippen LogP contribution in [-0.4, -0.2) is 31.6 Å². The SMILES string of the molecule is CCOc1nc(NCc2ccc(F)cc2)nc2ncc(-c3cccc(O)c3)nc12. The van der Waals surface area contributed by atoms with Crippen LogP contribution in [0, 0.1) is 5.82 Å². The Morgan fingerprint density at radius 1 is 1.07 bits per heavy atom. The van der Waals surface area contributed by atoms with Crippen molar-refractivity contribution in [1.29, 1.82) is 0 Å². The molecule has 0 aliphatic carbocycles. The van der Waals surface area contributed by atoms with Crippen LogP contribution in [0.1, 0.15) is 12.5 Å². The lowest BCUT2D eigenvalue weighted by molar-refractivity contribution is 0.330. The zero-order valence-electron chi connectivity index (χ0n) is 15.6. The number of benzene rings is 2. The molecule has 2 aromatic carbocycles. The number of phenols is 1. The molecule has 0 atom stereocenters. The minimum atomic E-state index is -0.285.